The highest BCUT2D eigenvalue weighted by atomic mass is 79.9. The first kappa shape index (κ1) is 16.3. The summed E-state index contributed by atoms with van der Waals surface area (Å²) in [5.41, 5.74) is 0.945. The Balaban J connectivity index is 2.48. The number of phenols is 1. The van der Waals surface area contributed by atoms with Gasteiger partial charge in [-0.15, -0.1) is 0 Å². The fourth-order valence-corrected chi connectivity index (χ4v) is 2.74. The third-order valence-corrected chi connectivity index (χ3v) is 4.14. The molecule has 2 N–H and O–H groups in total. The van der Waals surface area contributed by atoms with Gasteiger partial charge in [-0.05, 0) is 46.6 Å². The summed E-state index contributed by atoms with van der Waals surface area (Å²) < 4.78 is 27.5. The lowest BCUT2D eigenvalue weighted by atomic mass is 10.2. The standard InChI is InChI=1S/C12H18BrNO4S/c1-18-11-7-9(6-10(13)12(11)15)8-14-4-3-5-19(2,16)17/h6-7,14-15H,3-5,8H2,1-2H3. The first-order valence-corrected chi connectivity index (χ1v) is 8.62. The molecule has 1 rings (SSSR count). The van der Waals surface area contributed by atoms with Crippen LogP contribution in [0.3, 0.4) is 0 Å². The van der Waals surface area contributed by atoms with Crippen LogP contribution in [0.2, 0.25) is 0 Å². The van der Waals surface area contributed by atoms with E-state index in [2.05, 4.69) is 21.2 Å². The summed E-state index contributed by atoms with van der Waals surface area (Å²) in [6.45, 7) is 1.20. The third kappa shape index (κ3) is 5.80. The van der Waals surface area contributed by atoms with E-state index in [-0.39, 0.29) is 11.5 Å². The number of sulfone groups is 1. The quantitative estimate of drug-likeness (QED) is 0.731. The van der Waals surface area contributed by atoms with Gasteiger partial charge in [0, 0.05) is 12.8 Å². The molecule has 0 aromatic heterocycles. The maximum Gasteiger partial charge on any atom is 0.172 e. The van der Waals surface area contributed by atoms with Crippen molar-refractivity contribution < 1.29 is 18.3 Å². The molecule has 1 aromatic rings. The fourth-order valence-electron chi connectivity index (χ4n) is 1.58. The van der Waals surface area contributed by atoms with Gasteiger partial charge in [0.05, 0.1) is 17.3 Å². The summed E-state index contributed by atoms with van der Waals surface area (Å²) >= 11 is 3.25. The number of methoxy groups -OCH3 is 1. The van der Waals surface area contributed by atoms with Crippen LogP contribution in [0.5, 0.6) is 11.5 Å². The third-order valence-electron chi connectivity index (χ3n) is 2.51. The SMILES string of the molecule is COc1cc(CNCCCS(C)(=O)=O)cc(Br)c1O. The molecule has 0 aliphatic heterocycles. The molecule has 0 aliphatic rings. The minimum absolute atomic E-state index is 0.0725. The summed E-state index contributed by atoms with van der Waals surface area (Å²) in [5.74, 6) is 0.661. The van der Waals surface area contributed by atoms with Gasteiger partial charge in [-0.1, -0.05) is 0 Å². The van der Waals surface area contributed by atoms with E-state index in [4.69, 9.17) is 4.74 Å². The molecule has 1 aromatic carbocycles. The summed E-state index contributed by atoms with van der Waals surface area (Å²) in [4.78, 5) is 0. The molecule has 19 heavy (non-hydrogen) atoms. The van der Waals surface area contributed by atoms with Crippen molar-refractivity contribution in [1.29, 1.82) is 0 Å². The zero-order valence-corrected chi connectivity index (χ0v) is 13.3. The Morgan fingerprint density at radius 2 is 2.11 bits per heavy atom. The van der Waals surface area contributed by atoms with E-state index in [0.717, 1.165) is 5.56 Å². The van der Waals surface area contributed by atoms with Crippen molar-refractivity contribution >= 4 is 25.8 Å². The number of halogens is 1. The van der Waals surface area contributed by atoms with Crippen molar-refractivity contribution in [3.8, 4) is 11.5 Å². The Kier molecular flexibility index (Phi) is 6.09. The maximum absolute atomic E-state index is 11.0. The average Bonchev–Trinajstić information content (AvgIpc) is 2.31. The Bertz CT molecular complexity index is 531. The number of rotatable bonds is 7. The zero-order chi connectivity index (χ0) is 14.5. The Labute approximate surface area is 122 Å². The fraction of sp³-hybridized carbons (Fsp3) is 0.500. The molecule has 0 heterocycles. The summed E-state index contributed by atoms with van der Waals surface area (Å²) in [7, 11) is -1.40. The summed E-state index contributed by atoms with van der Waals surface area (Å²) in [6.07, 6.45) is 1.81. The van der Waals surface area contributed by atoms with Crippen LogP contribution in [-0.2, 0) is 16.4 Å². The monoisotopic (exact) mass is 351 g/mol. The van der Waals surface area contributed by atoms with Gasteiger partial charge < -0.3 is 15.2 Å². The number of aromatic hydroxyl groups is 1. The molecule has 0 radical (unpaired) electrons. The maximum atomic E-state index is 11.0. The van der Waals surface area contributed by atoms with Gasteiger partial charge in [-0.25, -0.2) is 8.42 Å². The van der Waals surface area contributed by atoms with Gasteiger partial charge in [0.15, 0.2) is 11.5 Å². The minimum atomic E-state index is -2.89. The first-order chi connectivity index (χ1) is 8.83. The zero-order valence-electron chi connectivity index (χ0n) is 10.9. The normalized spacial score (nSPS) is 11.5. The Hall–Kier alpha value is -0.790. The predicted octanol–water partition coefficient (Wildman–Crippen LogP) is 1.69. The smallest absolute Gasteiger partial charge is 0.172 e. The highest BCUT2D eigenvalue weighted by Crippen LogP contribution is 2.35. The lowest BCUT2D eigenvalue weighted by Crippen LogP contribution is -2.17. The highest BCUT2D eigenvalue weighted by molar-refractivity contribution is 9.10. The summed E-state index contributed by atoms with van der Waals surface area (Å²) in [5, 5.41) is 12.8. The number of benzene rings is 1. The largest absolute Gasteiger partial charge is 0.503 e. The van der Waals surface area contributed by atoms with Crippen molar-refractivity contribution in [2.45, 2.75) is 13.0 Å². The van der Waals surface area contributed by atoms with Crippen LogP contribution in [0.25, 0.3) is 0 Å². The van der Waals surface area contributed by atoms with Gasteiger partial charge >= 0.3 is 0 Å². The van der Waals surface area contributed by atoms with Gasteiger partial charge in [0.1, 0.15) is 9.84 Å². The van der Waals surface area contributed by atoms with E-state index in [0.29, 0.717) is 29.7 Å². The highest BCUT2D eigenvalue weighted by Gasteiger charge is 2.08. The van der Waals surface area contributed by atoms with Crippen molar-refractivity contribution in [2.75, 3.05) is 25.7 Å². The molecule has 0 saturated carbocycles. The molecule has 0 spiro atoms. The van der Waals surface area contributed by atoms with Gasteiger partial charge in [-0.2, -0.15) is 0 Å². The minimum Gasteiger partial charge on any atom is -0.503 e. The van der Waals surface area contributed by atoms with Crippen LogP contribution < -0.4 is 10.1 Å². The van der Waals surface area contributed by atoms with Crippen molar-refractivity contribution in [3.05, 3.63) is 22.2 Å². The second-order valence-corrected chi connectivity index (χ2v) is 7.40. The van der Waals surface area contributed by atoms with Crippen LogP contribution >= 0.6 is 15.9 Å². The van der Waals surface area contributed by atoms with Gasteiger partial charge in [0.2, 0.25) is 0 Å². The Morgan fingerprint density at radius 1 is 1.42 bits per heavy atom. The molecule has 0 aliphatic carbocycles. The predicted molar refractivity (Wildman–Crippen MR) is 78.4 cm³/mol. The van der Waals surface area contributed by atoms with Gasteiger partial charge in [0.25, 0.3) is 0 Å². The van der Waals surface area contributed by atoms with E-state index < -0.39 is 9.84 Å². The van der Waals surface area contributed by atoms with E-state index in [1.165, 1.54) is 13.4 Å². The number of ether oxygens (including phenoxy) is 1. The molecule has 0 unspecified atom stereocenters. The van der Waals surface area contributed by atoms with Crippen LogP contribution in [-0.4, -0.2) is 39.2 Å². The molecule has 108 valence electrons. The number of phenolic OH excluding ortho intramolecular Hbond substituents is 1. The molecule has 0 atom stereocenters. The Morgan fingerprint density at radius 3 is 2.68 bits per heavy atom. The molecule has 5 nitrogen and oxygen atoms in total. The molecular formula is C12H18BrNO4S. The van der Waals surface area contributed by atoms with Crippen LogP contribution in [0.1, 0.15) is 12.0 Å². The second kappa shape index (κ2) is 7.12. The number of hydrogen-bond acceptors (Lipinski definition) is 5. The van der Waals surface area contributed by atoms with E-state index in [1.54, 1.807) is 12.1 Å². The van der Waals surface area contributed by atoms with Gasteiger partial charge in [-0.3, -0.25) is 0 Å². The first-order valence-electron chi connectivity index (χ1n) is 5.77. The average molecular weight is 352 g/mol. The van der Waals surface area contributed by atoms with E-state index >= 15 is 0 Å². The molecule has 0 fully saturated rings. The van der Waals surface area contributed by atoms with Crippen LogP contribution in [0.15, 0.2) is 16.6 Å². The van der Waals surface area contributed by atoms with Crippen LogP contribution in [0, 0.1) is 0 Å². The second-order valence-electron chi connectivity index (χ2n) is 4.29. The molecule has 0 bridgehead atoms. The van der Waals surface area contributed by atoms with Crippen molar-refractivity contribution in [2.24, 2.45) is 0 Å². The molecular weight excluding hydrogens is 334 g/mol. The number of hydrogen-bond donors (Lipinski definition) is 2. The number of nitrogens with one attached hydrogen (secondary N) is 1. The van der Waals surface area contributed by atoms with E-state index in [1.807, 2.05) is 0 Å². The van der Waals surface area contributed by atoms with Crippen molar-refractivity contribution in [3.63, 3.8) is 0 Å². The lowest BCUT2D eigenvalue weighted by molar-refractivity contribution is 0.371. The van der Waals surface area contributed by atoms with Crippen LogP contribution in [0.4, 0.5) is 0 Å². The molecule has 0 saturated heterocycles. The molecule has 7 heteroatoms. The molecule has 0 amide bonds. The van der Waals surface area contributed by atoms with E-state index in [9.17, 15) is 13.5 Å². The topological polar surface area (TPSA) is 75.6 Å². The van der Waals surface area contributed by atoms with Crippen molar-refractivity contribution in [1.82, 2.24) is 5.32 Å². The lowest BCUT2D eigenvalue weighted by Gasteiger charge is -2.09. The summed E-state index contributed by atoms with van der Waals surface area (Å²) in [6, 6.07) is 3.53.